The second-order valence-electron chi connectivity index (χ2n) is 3.01. The topological polar surface area (TPSA) is 55.1 Å². The smallest absolute Gasteiger partial charge is 0.237 e. The summed E-state index contributed by atoms with van der Waals surface area (Å²) in [7, 11) is 0. The van der Waals surface area contributed by atoms with Gasteiger partial charge in [-0.15, -0.1) is 12.3 Å². The first kappa shape index (κ1) is 11.0. The second-order valence-corrected chi connectivity index (χ2v) is 3.01. The largest absolute Gasteiger partial charge is 0.354 e. The first-order chi connectivity index (χ1) is 5.59. The van der Waals surface area contributed by atoms with Crippen molar-refractivity contribution in [3.63, 3.8) is 0 Å². The Morgan fingerprint density at radius 2 is 2.25 bits per heavy atom. The van der Waals surface area contributed by atoms with Crippen LogP contribution in [0.3, 0.4) is 0 Å². The van der Waals surface area contributed by atoms with Gasteiger partial charge >= 0.3 is 0 Å². The van der Waals surface area contributed by atoms with Crippen LogP contribution < -0.4 is 11.1 Å². The van der Waals surface area contributed by atoms with Crippen LogP contribution in [0.4, 0.5) is 0 Å². The number of nitrogens with one attached hydrogen (secondary N) is 1. The third-order valence-corrected chi connectivity index (χ3v) is 1.59. The highest BCUT2D eigenvalue weighted by Gasteiger charge is 2.15. The fraction of sp³-hybridized carbons (Fsp3) is 0.667. The minimum atomic E-state index is -0.428. The van der Waals surface area contributed by atoms with Crippen LogP contribution in [-0.4, -0.2) is 18.5 Å². The number of amides is 1. The number of terminal acetylenes is 1. The average molecular weight is 168 g/mol. The summed E-state index contributed by atoms with van der Waals surface area (Å²) in [5.41, 5.74) is 5.58. The van der Waals surface area contributed by atoms with Gasteiger partial charge in [0.05, 0.1) is 6.04 Å². The van der Waals surface area contributed by atoms with Crippen LogP contribution in [0, 0.1) is 18.3 Å². The average Bonchev–Trinajstić information content (AvgIpc) is 2.03. The molecule has 0 heterocycles. The standard InChI is InChI=1S/C9H16N2O/c1-4-5-6-11-9(12)8(10)7(2)3/h1,7-8H,5-6,10H2,2-3H3,(H,11,12)/t8-/m0/s1. The van der Waals surface area contributed by atoms with E-state index >= 15 is 0 Å². The third kappa shape index (κ3) is 3.99. The number of carbonyl (C=O) groups excluding carboxylic acids is 1. The molecule has 0 aliphatic heterocycles. The van der Waals surface area contributed by atoms with Gasteiger partial charge in [-0.3, -0.25) is 4.79 Å². The molecule has 1 atom stereocenters. The summed E-state index contributed by atoms with van der Waals surface area (Å²) < 4.78 is 0. The molecule has 0 fully saturated rings. The zero-order valence-corrected chi connectivity index (χ0v) is 7.63. The predicted molar refractivity (Wildman–Crippen MR) is 49.3 cm³/mol. The SMILES string of the molecule is C#CCCNC(=O)[C@@H](N)C(C)C. The Hall–Kier alpha value is -1.01. The van der Waals surface area contributed by atoms with Crippen molar-refractivity contribution in [2.45, 2.75) is 26.3 Å². The van der Waals surface area contributed by atoms with Crippen molar-refractivity contribution in [2.24, 2.45) is 11.7 Å². The summed E-state index contributed by atoms with van der Waals surface area (Å²) in [5, 5.41) is 2.66. The number of hydrogen-bond donors (Lipinski definition) is 2. The van der Waals surface area contributed by atoms with Crippen molar-refractivity contribution in [2.75, 3.05) is 6.54 Å². The number of carbonyl (C=O) groups is 1. The maximum Gasteiger partial charge on any atom is 0.237 e. The van der Waals surface area contributed by atoms with Crippen molar-refractivity contribution in [1.29, 1.82) is 0 Å². The Balaban J connectivity index is 3.66. The monoisotopic (exact) mass is 168 g/mol. The summed E-state index contributed by atoms with van der Waals surface area (Å²) in [6.45, 7) is 4.33. The number of hydrogen-bond acceptors (Lipinski definition) is 2. The van der Waals surface area contributed by atoms with Crippen LogP contribution >= 0.6 is 0 Å². The van der Waals surface area contributed by atoms with Crippen LogP contribution in [0.5, 0.6) is 0 Å². The van der Waals surface area contributed by atoms with Gasteiger partial charge in [-0.25, -0.2) is 0 Å². The highest BCUT2D eigenvalue weighted by molar-refractivity contribution is 5.81. The minimum Gasteiger partial charge on any atom is -0.354 e. The Morgan fingerprint density at radius 3 is 2.67 bits per heavy atom. The summed E-state index contributed by atoms with van der Waals surface area (Å²) in [6, 6.07) is -0.428. The Morgan fingerprint density at radius 1 is 1.67 bits per heavy atom. The van der Waals surface area contributed by atoms with E-state index in [4.69, 9.17) is 12.2 Å². The maximum atomic E-state index is 11.2. The van der Waals surface area contributed by atoms with E-state index in [1.165, 1.54) is 0 Å². The van der Waals surface area contributed by atoms with Gasteiger partial charge in [0.2, 0.25) is 5.91 Å². The molecule has 0 spiro atoms. The van der Waals surface area contributed by atoms with Gasteiger partial charge in [0.15, 0.2) is 0 Å². The fourth-order valence-electron chi connectivity index (χ4n) is 0.678. The molecule has 0 rings (SSSR count). The molecule has 0 bridgehead atoms. The van der Waals surface area contributed by atoms with Crippen LogP contribution in [-0.2, 0) is 4.79 Å². The highest BCUT2D eigenvalue weighted by Crippen LogP contribution is 1.97. The number of nitrogens with two attached hydrogens (primary N) is 1. The molecule has 0 aromatic heterocycles. The first-order valence-electron chi connectivity index (χ1n) is 4.06. The van der Waals surface area contributed by atoms with Gasteiger partial charge in [0, 0.05) is 13.0 Å². The van der Waals surface area contributed by atoms with Crippen molar-refractivity contribution in [1.82, 2.24) is 5.32 Å². The molecule has 0 aromatic rings. The lowest BCUT2D eigenvalue weighted by atomic mass is 10.1. The molecular weight excluding hydrogens is 152 g/mol. The van der Waals surface area contributed by atoms with Crippen LogP contribution in [0.2, 0.25) is 0 Å². The first-order valence-corrected chi connectivity index (χ1v) is 4.06. The van der Waals surface area contributed by atoms with Gasteiger partial charge in [-0.2, -0.15) is 0 Å². The minimum absolute atomic E-state index is 0.125. The van der Waals surface area contributed by atoms with Gasteiger partial charge in [0.25, 0.3) is 0 Å². The molecular formula is C9H16N2O. The van der Waals surface area contributed by atoms with E-state index in [9.17, 15) is 4.79 Å². The van der Waals surface area contributed by atoms with E-state index in [-0.39, 0.29) is 11.8 Å². The van der Waals surface area contributed by atoms with Crippen molar-refractivity contribution in [3.8, 4) is 12.3 Å². The Kier molecular flexibility index (Phi) is 5.14. The lowest BCUT2D eigenvalue weighted by Gasteiger charge is -2.14. The van der Waals surface area contributed by atoms with Crippen molar-refractivity contribution >= 4 is 5.91 Å². The van der Waals surface area contributed by atoms with E-state index in [0.29, 0.717) is 13.0 Å². The molecule has 3 N–H and O–H groups in total. The quantitative estimate of drug-likeness (QED) is 0.462. The summed E-state index contributed by atoms with van der Waals surface area (Å²) in [5.74, 6) is 2.47. The third-order valence-electron chi connectivity index (χ3n) is 1.59. The van der Waals surface area contributed by atoms with Crippen molar-refractivity contribution < 1.29 is 4.79 Å². The van der Waals surface area contributed by atoms with E-state index in [1.54, 1.807) is 0 Å². The van der Waals surface area contributed by atoms with E-state index in [1.807, 2.05) is 13.8 Å². The van der Waals surface area contributed by atoms with Gasteiger partial charge in [-0.1, -0.05) is 13.8 Å². The fourth-order valence-corrected chi connectivity index (χ4v) is 0.678. The van der Waals surface area contributed by atoms with E-state index in [0.717, 1.165) is 0 Å². The summed E-state index contributed by atoms with van der Waals surface area (Å²) in [6.07, 6.45) is 5.57. The highest BCUT2D eigenvalue weighted by atomic mass is 16.2. The maximum absolute atomic E-state index is 11.2. The molecule has 0 aliphatic rings. The zero-order valence-electron chi connectivity index (χ0n) is 7.63. The molecule has 3 heteroatoms. The molecule has 12 heavy (non-hydrogen) atoms. The van der Waals surface area contributed by atoms with E-state index < -0.39 is 6.04 Å². The normalized spacial score (nSPS) is 12.2. The van der Waals surface area contributed by atoms with Gasteiger partial charge in [0.1, 0.15) is 0 Å². The molecule has 68 valence electrons. The van der Waals surface area contributed by atoms with Crippen LogP contribution in [0.25, 0.3) is 0 Å². The molecule has 1 amide bonds. The van der Waals surface area contributed by atoms with Crippen molar-refractivity contribution in [3.05, 3.63) is 0 Å². The lowest BCUT2D eigenvalue weighted by Crippen LogP contribution is -2.44. The summed E-state index contributed by atoms with van der Waals surface area (Å²) in [4.78, 5) is 11.2. The van der Waals surface area contributed by atoms with Crippen LogP contribution in [0.15, 0.2) is 0 Å². The number of rotatable bonds is 4. The van der Waals surface area contributed by atoms with E-state index in [2.05, 4.69) is 11.2 Å². The molecule has 3 nitrogen and oxygen atoms in total. The summed E-state index contributed by atoms with van der Waals surface area (Å²) >= 11 is 0. The van der Waals surface area contributed by atoms with Gasteiger partial charge < -0.3 is 11.1 Å². The molecule has 0 unspecified atom stereocenters. The molecule has 0 aliphatic carbocycles. The molecule has 0 saturated carbocycles. The predicted octanol–water partition coefficient (Wildman–Crippen LogP) is 0.109. The lowest BCUT2D eigenvalue weighted by molar-refractivity contribution is -0.123. The Labute approximate surface area is 73.7 Å². The molecule has 0 aromatic carbocycles. The molecule has 0 radical (unpaired) electrons. The Bertz CT molecular complexity index is 181. The molecule has 0 saturated heterocycles. The van der Waals surface area contributed by atoms with Crippen LogP contribution in [0.1, 0.15) is 20.3 Å². The second kappa shape index (κ2) is 5.62. The van der Waals surface area contributed by atoms with Gasteiger partial charge in [-0.05, 0) is 5.92 Å². The zero-order chi connectivity index (χ0) is 9.56.